The Labute approximate surface area is 93.9 Å². The highest BCUT2D eigenvalue weighted by Gasteiger charge is 2.17. The number of hydrogen-bond acceptors (Lipinski definition) is 4. The summed E-state index contributed by atoms with van der Waals surface area (Å²) in [6.45, 7) is 0. The summed E-state index contributed by atoms with van der Waals surface area (Å²) < 4.78 is 5.71. The number of oxime groups is 1. The predicted octanol–water partition coefficient (Wildman–Crippen LogP) is 1.50. The lowest BCUT2D eigenvalue weighted by molar-refractivity contribution is 0.201. The Hall–Kier alpha value is -1.78. The Morgan fingerprint density at radius 2 is 2.25 bits per heavy atom. The van der Waals surface area contributed by atoms with Gasteiger partial charge in [-0.1, -0.05) is 5.16 Å². The van der Waals surface area contributed by atoms with Gasteiger partial charge in [0.25, 0.3) is 0 Å². The lowest BCUT2D eigenvalue weighted by atomic mass is 10.2. The summed E-state index contributed by atoms with van der Waals surface area (Å²) in [6, 6.07) is 3.37. The maximum atomic E-state index is 8.57. The monoisotopic (exact) mass is 221 g/mol. The van der Waals surface area contributed by atoms with Crippen LogP contribution in [0.1, 0.15) is 31.2 Å². The van der Waals surface area contributed by atoms with Crippen LogP contribution in [0.5, 0.6) is 5.88 Å². The van der Waals surface area contributed by atoms with E-state index in [1.807, 2.05) is 0 Å². The van der Waals surface area contributed by atoms with Gasteiger partial charge in [-0.25, -0.2) is 4.98 Å². The molecule has 86 valence electrons. The van der Waals surface area contributed by atoms with Crippen LogP contribution in [0.3, 0.4) is 0 Å². The van der Waals surface area contributed by atoms with Crippen LogP contribution in [0.25, 0.3) is 0 Å². The van der Waals surface area contributed by atoms with Crippen LogP contribution in [0.15, 0.2) is 23.5 Å². The molecule has 0 aliphatic heterocycles. The fourth-order valence-electron chi connectivity index (χ4n) is 1.87. The summed E-state index contributed by atoms with van der Waals surface area (Å²) in [6.07, 6.45) is 6.44. The van der Waals surface area contributed by atoms with Gasteiger partial charge in [-0.15, -0.1) is 0 Å². The van der Waals surface area contributed by atoms with Gasteiger partial charge >= 0.3 is 0 Å². The van der Waals surface area contributed by atoms with Gasteiger partial charge in [0, 0.05) is 17.8 Å². The summed E-state index contributed by atoms with van der Waals surface area (Å²) in [4.78, 5) is 4.11. The van der Waals surface area contributed by atoms with Crippen LogP contribution >= 0.6 is 0 Å². The first-order chi connectivity index (χ1) is 7.79. The van der Waals surface area contributed by atoms with Gasteiger partial charge in [0.15, 0.2) is 5.84 Å². The molecule has 5 nitrogen and oxygen atoms in total. The van der Waals surface area contributed by atoms with E-state index in [-0.39, 0.29) is 11.9 Å². The van der Waals surface area contributed by atoms with Crippen LogP contribution in [-0.2, 0) is 0 Å². The normalized spacial score (nSPS) is 17.6. The van der Waals surface area contributed by atoms with Crippen molar-refractivity contribution in [3.63, 3.8) is 0 Å². The number of nitrogens with two attached hydrogens (primary N) is 1. The van der Waals surface area contributed by atoms with E-state index in [9.17, 15) is 0 Å². The minimum absolute atomic E-state index is 0.0682. The molecule has 5 heteroatoms. The smallest absolute Gasteiger partial charge is 0.214 e. The average Bonchev–Trinajstić information content (AvgIpc) is 2.81. The molecular formula is C11H15N3O2. The Morgan fingerprint density at radius 1 is 1.50 bits per heavy atom. The summed E-state index contributed by atoms with van der Waals surface area (Å²) in [5.41, 5.74) is 6.10. The zero-order chi connectivity index (χ0) is 11.4. The third kappa shape index (κ3) is 2.42. The van der Waals surface area contributed by atoms with Crippen molar-refractivity contribution < 1.29 is 9.94 Å². The van der Waals surface area contributed by atoms with E-state index in [0.717, 1.165) is 12.8 Å². The van der Waals surface area contributed by atoms with Crippen LogP contribution in [0.4, 0.5) is 0 Å². The van der Waals surface area contributed by atoms with E-state index in [2.05, 4.69) is 10.1 Å². The Bertz CT molecular complexity index is 387. The highest BCUT2D eigenvalue weighted by atomic mass is 16.5. The fourth-order valence-corrected chi connectivity index (χ4v) is 1.87. The van der Waals surface area contributed by atoms with E-state index in [0.29, 0.717) is 11.4 Å². The van der Waals surface area contributed by atoms with Crippen LogP contribution in [0, 0.1) is 0 Å². The lowest BCUT2D eigenvalue weighted by Gasteiger charge is -2.12. The van der Waals surface area contributed by atoms with Gasteiger partial charge in [-0.2, -0.15) is 0 Å². The number of ether oxygens (including phenoxy) is 1. The maximum absolute atomic E-state index is 8.57. The summed E-state index contributed by atoms with van der Waals surface area (Å²) in [5.74, 6) is 0.606. The number of pyridine rings is 1. The molecule has 1 heterocycles. The molecule has 16 heavy (non-hydrogen) atoms. The molecule has 2 rings (SSSR count). The van der Waals surface area contributed by atoms with Crippen molar-refractivity contribution >= 4 is 5.84 Å². The molecule has 0 unspecified atom stereocenters. The number of amidine groups is 1. The van der Waals surface area contributed by atoms with Crippen LogP contribution in [0.2, 0.25) is 0 Å². The van der Waals surface area contributed by atoms with Gasteiger partial charge in [0.1, 0.15) is 6.10 Å². The molecule has 0 atom stereocenters. The molecule has 0 amide bonds. The predicted molar refractivity (Wildman–Crippen MR) is 59.6 cm³/mol. The van der Waals surface area contributed by atoms with E-state index in [1.54, 1.807) is 18.3 Å². The number of hydrogen-bond donors (Lipinski definition) is 2. The van der Waals surface area contributed by atoms with Crippen molar-refractivity contribution in [2.24, 2.45) is 10.9 Å². The minimum atomic E-state index is 0.0682. The molecule has 0 aromatic carbocycles. The van der Waals surface area contributed by atoms with Crippen molar-refractivity contribution in [3.05, 3.63) is 23.9 Å². The first-order valence-corrected chi connectivity index (χ1v) is 5.40. The molecule has 3 N–H and O–H groups in total. The SMILES string of the molecule is N/C(=N\O)c1ccnc(OC2CCCC2)c1. The van der Waals surface area contributed by atoms with Gasteiger partial charge in [0.2, 0.25) is 5.88 Å². The average molecular weight is 221 g/mol. The zero-order valence-electron chi connectivity index (χ0n) is 8.97. The highest BCUT2D eigenvalue weighted by molar-refractivity contribution is 5.97. The van der Waals surface area contributed by atoms with Crippen molar-refractivity contribution in [3.8, 4) is 5.88 Å². The van der Waals surface area contributed by atoms with Crippen molar-refractivity contribution in [1.29, 1.82) is 0 Å². The molecule has 0 saturated heterocycles. The molecule has 1 fully saturated rings. The Balaban J connectivity index is 2.09. The van der Waals surface area contributed by atoms with E-state index >= 15 is 0 Å². The fraction of sp³-hybridized carbons (Fsp3) is 0.455. The quantitative estimate of drug-likeness (QED) is 0.351. The number of rotatable bonds is 3. The van der Waals surface area contributed by atoms with Gasteiger partial charge < -0.3 is 15.7 Å². The van der Waals surface area contributed by atoms with E-state index in [1.165, 1.54) is 12.8 Å². The molecule has 0 spiro atoms. The number of aromatic nitrogens is 1. The summed E-state index contributed by atoms with van der Waals surface area (Å²) in [7, 11) is 0. The molecule has 1 aliphatic carbocycles. The third-order valence-electron chi connectivity index (χ3n) is 2.73. The van der Waals surface area contributed by atoms with Gasteiger partial charge in [-0.05, 0) is 31.7 Å². The lowest BCUT2D eigenvalue weighted by Crippen LogP contribution is -2.15. The van der Waals surface area contributed by atoms with E-state index < -0.39 is 0 Å². The molecule has 0 radical (unpaired) electrons. The standard InChI is InChI=1S/C11H15N3O2/c12-11(14-15)8-5-6-13-10(7-8)16-9-3-1-2-4-9/h5-7,9,15H,1-4H2,(H2,12,14). The Morgan fingerprint density at radius 3 is 2.94 bits per heavy atom. The van der Waals surface area contributed by atoms with Crippen molar-refractivity contribution in [2.45, 2.75) is 31.8 Å². The first kappa shape index (κ1) is 10.7. The molecule has 1 saturated carbocycles. The summed E-state index contributed by atoms with van der Waals surface area (Å²) >= 11 is 0. The second-order valence-electron chi connectivity index (χ2n) is 3.89. The minimum Gasteiger partial charge on any atom is -0.474 e. The maximum Gasteiger partial charge on any atom is 0.214 e. The zero-order valence-corrected chi connectivity index (χ0v) is 8.97. The Kier molecular flexibility index (Phi) is 3.24. The largest absolute Gasteiger partial charge is 0.474 e. The molecule has 1 aromatic heterocycles. The van der Waals surface area contributed by atoms with E-state index in [4.69, 9.17) is 15.7 Å². The van der Waals surface area contributed by atoms with Crippen molar-refractivity contribution in [2.75, 3.05) is 0 Å². The molecule has 1 aromatic rings. The van der Waals surface area contributed by atoms with Crippen LogP contribution in [-0.4, -0.2) is 22.1 Å². The molecular weight excluding hydrogens is 206 g/mol. The van der Waals surface area contributed by atoms with Gasteiger partial charge in [-0.3, -0.25) is 0 Å². The highest BCUT2D eigenvalue weighted by Crippen LogP contribution is 2.23. The van der Waals surface area contributed by atoms with Gasteiger partial charge in [0.05, 0.1) is 0 Å². The molecule has 1 aliphatic rings. The first-order valence-electron chi connectivity index (χ1n) is 5.40. The summed E-state index contributed by atoms with van der Waals surface area (Å²) in [5, 5.41) is 11.5. The molecule has 0 bridgehead atoms. The van der Waals surface area contributed by atoms with Crippen molar-refractivity contribution in [1.82, 2.24) is 4.98 Å². The second-order valence-corrected chi connectivity index (χ2v) is 3.89. The number of nitrogens with zero attached hydrogens (tertiary/aromatic N) is 2. The van der Waals surface area contributed by atoms with Crippen LogP contribution < -0.4 is 10.5 Å². The topological polar surface area (TPSA) is 80.7 Å². The second kappa shape index (κ2) is 4.83. The third-order valence-corrected chi connectivity index (χ3v) is 2.73.